The van der Waals surface area contributed by atoms with Gasteiger partial charge in [0.15, 0.2) is 0 Å². The number of hydrogen-bond acceptors (Lipinski definition) is 4. The Morgan fingerprint density at radius 1 is 1.17 bits per heavy atom. The van der Waals surface area contributed by atoms with Crippen molar-refractivity contribution in [3.8, 4) is 11.5 Å². The first-order valence-electron chi connectivity index (χ1n) is 14.4. The summed E-state index contributed by atoms with van der Waals surface area (Å²) in [5.41, 5.74) is 3.19. The Morgan fingerprint density at radius 3 is 2.56 bits per heavy atom. The van der Waals surface area contributed by atoms with Crippen molar-refractivity contribution in [2.24, 2.45) is 22.7 Å². The third-order valence-corrected chi connectivity index (χ3v) is 10.9. The highest BCUT2D eigenvalue weighted by Crippen LogP contribution is 2.66. The molecule has 0 spiro atoms. The van der Waals surface area contributed by atoms with Crippen LogP contribution in [0.2, 0.25) is 0 Å². The summed E-state index contributed by atoms with van der Waals surface area (Å²) in [6.07, 6.45) is 11.4. The highest BCUT2D eigenvalue weighted by atomic mass is 16.5. The molecule has 1 heterocycles. The third kappa shape index (κ3) is 3.80. The molecule has 0 aromatic heterocycles. The maximum absolute atomic E-state index is 13.9. The highest BCUT2D eigenvalue weighted by Gasteiger charge is 2.63. The maximum atomic E-state index is 13.9. The number of fused-ring (bicyclic) bond motifs is 5. The van der Waals surface area contributed by atoms with Gasteiger partial charge in [-0.2, -0.15) is 0 Å². The van der Waals surface area contributed by atoms with Gasteiger partial charge in [0.2, 0.25) is 0 Å². The number of phenolic OH excluding ortho intramolecular Hbond substituents is 1. The number of aryl methyl sites for hydroxylation is 1. The van der Waals surface area contributed by atoms with Crippen molar-refractivity contribution >= 4 is 5.97 Å². The molecule has 2 saturated carbocycles. The van der Waals surface area contributed by atoms with E-state index in [2.05, 4.69) is 54.5 Å². The Hall–Kier alpha value is -1.97. The van der Waals surface area contributed by atoms with Gasteiger partial charge < -0.3 is 14.6 Å². The zero-order chi connectivity index (χ0) is 26.0. The zero-order valence-corrected chi connectivity index (χ0v) is 23.5. The van der Waals surface area contributed by atoms with Crippen molar-refractivity contribution in [3.05, 3.63) is 34.4 Å². The van der Waals surface area contributed by atoms with Crippen LogP contribution in [0.1, 0.15) is 127 Å². The van der Waals surface area contributed by atoms with Crippen molar-refractivity contribution < 1.29 is 19.4 Å². The van der Waals surface area contributed by atoms with Crippen LogP contribution in [0.15, 0.2) is 17.7 Å². The van der Waals surface area contributed by atoms with Crippen LogP contribution in [0.25, 0.3) is 0 Å². The van der Waals surface area contributed by atoms with Crippen LogP contribution in [0.3, 0.4) is 0 Å². The molecule has 5 rings (SSSR count). The first-order valence-corrected chi connectivity index (χ1v) is 14.4. The average Bonchev–Trinajstić information content (AvgIpc) is 3.12. The fraction of sp³-hybridized carbons (Fsp3) is 0.719. The lowest BCUT2D eigenvalue weighted by Crippen LogP contribution is -2.45. The minimum absolute atomic E-state index is 0.0129. The largest absolute Gasteiger partial charge is 0.507 e. The Bertz CT molecular complexity index is 1080. The molecule has 4 aliphatic rings. The Balaban J connectivity index is 1.56. The fourth-order valence-corrected chi connectivity index (χ4v) is 8.10. The van der Waals surface area contributed by atoms with Gasteiger partial charge in [0, 0.05) is 22.8 Å². The van der Waals surface area contributed by atoms with Gasteiger partial charge in [-0.3, -0.25) is 0 Å². The van der Waals surface area contributed by atoms with Gasteiger partial charge in [0.1, 0.15) is 28.8 Å². The summed E-state index contributed by atoms with van der Waals surface area (Å²) in [5, 5.41) is 11.8. The number of carbonyl (C=O) groups is 1. The molecule has 1 aliphatic heterocycles. The lowest BCUT2D eigenvalue weighted by Gasteiger charge is -2.46. The van der Waals surface area contributed by atoms with Gasteiger partial charge in [-0.15, -0.1) is 0 Å². The standard InChI is InChI=1S/C32H46O4/c1-8-9-10-11-20-17-24-27(22-16-19(2)12-13-23(22)31(5,6)36-24)28(33)26(20)29(34)35-25-18-21-14-15-32(25,7)30(21,3)4/h16-17,21-23,25,33H,8-15,18H2,1-7H3/t21-,22-,23-,25+,32+/m1/s1. The highest BCUT2D eigenvalue weighted by molar-refractivity contribution is 5.95. The molecule has 1 aromatic carbocycles. The first kappa shape index (κ1) is 25.7. The van der Waals surface area contributed by atoms with E-state index < -0.39 is 0 Å². The van der Waals surface area contributed by atoms with Crippen LogP contribution >= 0.6 is 0 Å². The van der Waals surface area contributed by atoms with Crippen molar-refractivity contribution in [2.75, 3.05) is 0 Å². The van der Waals surface area contributed by atoms with E-state index in [0.717, 1.165) is 68.2 Å². The number of aromatic hydroxyl groups is 1. The minimum atomic E-state index is -0.353. The molecule has 0 radical (unpaired) electrons. The molecule has 0 saturated heterocycles. The topological polar surface area (TPSA) is 55.8 Å². The summed E-state index contributed by atoms with van der Waals surface area (Å²) >= 11 is 0. The lowest BCUT2D eigenvalue weighted by atomic mass is 9.67. The number of allylic oxidation sites excluding steroid dienone is 2. The van der Waals surface area contributed by atoms with E-state index in [1.54, 1.807) is 0 Å². The van der Waals surface area contributed by atoms with E-state index in [1.807, 2.05) is 6.07 Å². The van der Waals surface area contributed by atoms with E-state index in [9.17, 15) is 9.90 Å². The summed E-state index contributed by atoms with van der Waals surface area (Å²) < 4.78 is 12.9. The molecular weight excluding hydrogens is 448 g/mol. The maximum Gasteiger partial charge on any atom is 0.342 e. The number of unbranched alkanes of at least 4 members (excludes halogenated alkanes) is 2. The van der Waals surface area contributed by atoms with Gasteiger partial charge in [-0.05, 0) is 88.7 Å². The van der Waals surface area contributed by atoms with Crippen molar-refractivity contribution in [3.63, 3.8) is 0 Å². The predicted octanol–water partition coefficient (Wildman–Crippen LogP) is 8.11. The molecule has 0 amide bonds. The molecule has 3 aliphatic carbocycles. The molecule has 2 fully saturated rings. The van der Waals surface area contributed by atoms with E-state index in [0.29, 0.717) is 11.5 Å². The molecule has 4 nitrogen and oxygen atoms in total. The van der Waals surface area contributed by atoms with E-state index in [-0.39, 0.29) is 46.1 Å². The molecule has 0 unspecified atom stereocenters. The van der Waals surface area contributed by atoms with Crippen LogP contribution in [0, 0.1) is 22.7 Å². The Labute approximate surface area is 217 Å². The molecule has 1 aromatic rings. The molecule has 198 valence electrons. The number of ether oxygens (including phenoxy) is 2. The first-order chi connectivity index (χ1) is 16.9. The van der Waals surface area contributed by atoms with Crippen LogP contribution in [-0.4, -0.2) is 22.8 Å². The average molecular weight is 495 g/mol. The monoisotopic (exact) mass is 494 g/mol. The summed E-state index contributed by atoms with van der Waals surface area (Å²) in [5.74, 6) is 1.38. The number of esters is 1. The Morgan fingerprint density at radius 2 is 1.92 bits per heavy atom. The SMILES string of the molecule is CCCCCc1cc2c(c(O)c1C(=O)O[C@H]1C[C@H]3CC[C@]1(C)C3(C)C)[C@@H]1C=C(C)CC[C@H]1C(C)(C)O2. The van der Waals surface area contributed by atoms with Crippen LogP contribution in [-0.2, 0) is 11.2 Å². The van der Waals surface area contributed by atoms with Gasteiger partial charge in [0.25, 0.3) is 0 Å². The number of carbonyl (C=O) groups excluding carboxylic acids is 1. The van der Waals surface area contributed by atoms with Gasteiger partial charge in [0.05, 0.1) is 0 Å². The minimum Gasteiger partial charge on any atom is -0.507 e. The quantitative estimate of drug-likeness (QED) is 0.246. The summed E-state index contributed by atoms with van der Waals surface area (Å²) in [7, 11) is 0. The number of hydrogen-bond donors (Lipinski definition) is 1. The van der Waals surface area contributed by atoms with Gasteiger partial charge in [-0.25, -0.2) is 4.79 Å². The van der Waals surface area contributed by atoms with Gasteiger partial charge in [-0.1, -0.05) is 52.2 Å². The number of phenols is 1. The molecule has 36 heavy (non-hydrogen) atoms. The van der Waals surface area contributed by atoms with E-state index >= 15 is 0 Å². The van der Waals surface area contributed by atoms with Crippen LogP contribution < -0.4 is 4.74 Å². The van der Waals surface area contributed by atoms with Crippen molar-refractivity contribution in [1.82, 2.24) is 0 Å². The van der Waals surface area contributed by atoms with Crippen LogP contribution in [0.5, 0.6) is 11.5 Å². The number of benzene rings is 1. The second-order valence-corrected chi connectivity index (χ2v) is 13.5. The van der Waals surface area contributed by atoms with Crippen molar-refractivity contribution in [2.45, 2.75) is 124 Å². The normalized spacial score (nSPS) is 33.4. The van der Waals surface area contributed by atoms with Crippen LogP contribution in [0.4, 0.5) is 0 Å². The van der Waals surface area contributed by atoms with Gasteiger partial charge >= 0.3 is 5.97 Å². The smallest absolute Gasteiger partial charge is 0.342 e. The van der Waals surface area contributed by atoms with E-state index in [1.165, 1.54) is 12.0 Å². The summed E-state index contributed by atoms with van der Waals surface area (Å²) in [6.45, 7) is 15.6. The van der Waals surface area contributed by atoms with Crippen molar-refractivity contribution in [1.29, 1.82) is 0 Å². The molecule has 4 heteroatoms. The second kappa shape index (κ2) is 8.81. The number of rotatable bonds is 6. The molecule has 2 bridgehead atoms. The predicted molar refractivity (Wildman–Crippen MR) is 144 cm³/mol. The summed E-state index contributed by atoms with van der Waals surface area (Å²) in [4.78, 5) is 13.9. The second-order valence-electron chi connectivity index (χ2n) is 13.5. The molecule has 1 N–H and O–H groups in total. The fourth-order valence-electron chi connectivity index (χ4n) is 8.10. The molecule has 5 atom stereocenters. The lowest BCUT2D eigenvalue weighted by molar-refractivity contribution is -0.0246. The molecular formula is C32H46O4. The zero-order valence-electron chi connectivity index (χ0n) is 23.5. The third-order valence-electron chi connectivity index (χ3n) is 10.9. The van der Waals surface area contributed by atoms with E-state index in [4.69, 9.17) is 9.47 Å². The summed E-state index contributed by atoms with van der Waals surface area (Å²) in [6, 6.07) is 2.05. The Kier molecular flexibility index (Phi) is 6.28.